The minimum atomic E-state index is 0.990. The number of nitrogens with one attached hydrogen (secondary N) is 1. The zero-order valence-corrected chi connectivity index (χ0v) is 7.31. The van der Waals surface area contributed by atoms with E-state index in [-0.39, 0.29) is 0 Å². The minimum Gasteiger partial charge on any atom is -0.346 e. The number of allylic oxidation sites excluding steroid dienone is 1. The van der Waals surface area contributed by atoms with E-state index in [0.29, 0.717) is 0 Å². The molecule has 0 saturated carbocycles. The van der Waals surface area contributed by atoms with Crippen molar-refractivity contribution in [3.8, 4) is 0 Å². The molecule has 0 aromatic heterocycles. The molecule has 0 fully saturated rings. The Morgan fingerprint density at radius 2 is 2.36 bits per heavy atom. The lowest BCUT2D eigenvalue weighted by molar-refractivity contribution is 1.09. The molecule has 0 saturated heterocycles. The Bertz CT molecular complexity index is 234. The summed E-state index contributed by atoms with van der Waals surface area (Å²) in [4.78, 5) is 4.12. The summed E-state index contributed by atoms with van der Waals surface area (Å²) in [7, 11) is 1.80. The summed E-state index contributed by atoms with van der Waals surface area (Å²) < 4.78 is 0. The van der Waals surface area contributed by atoms with Crippen LogP contribution in [0, 0.1) is 0 Å². The van der Waals surface area contributed by atoms with Crippen molar-refractivity contribution < 1.29 is 0 Å². The van der Waals surface area contributed by atoms with Crippen molar-refractivity contribution in [3.05, 3.63) is 23.4 Å². The molecule has 0 unspecified atom stereocenters. The van der Waals surface area contributed by atoms with E-state index in [0.717, 1.165) is 12.3 Å². The fourth-order valence-corrected chi connectivity index (χ4v) is 1.08. The summed E-state index contributed by atoms with van der Waals surface area (Å²) >= 11 is 0. The van der Waals surface area contributed by atoms with E-state index in [1.807, 2.05) is 6.20 Å². The molecule has 0 aliphatic carbocycles. The van der Waals surface area contributed by atoms with E-state index < -0.39 is 0 Å². The molecule has 1 heterocycles. The van der Waals surface area contributed by atoms with Gasteiger partial charge in [0.05, 0.1) is 0 Å². The lowest BCUT2D eigenvalue weighted by Gasteiger charge is -2.02. The van der Waals surface area contributed by atoms with Crippen LogP contribution >= 0.6 is 0 Å². The fraction of sp³-hybridized carbons (Fsp3) is 0.444. The third kappa shape index (κ3) is 1.50. The standard InChI is InChI=1S/C9H14N2/c1-4-7(2)8-5-6-11-9(8)10-3/h5-6H,4H2,1-3H3,(H,10,11)/b8-7-. The Hall–Kier alpha value is -1.05. The van der Waals surface area contributed by atoms with Gasteiger partial charge in [-0.15, -0.1) is 0 Å². The highest BCUT2D eigenvalue weighted by Crippen LogP contribution is 2.13. The lowest BCUT2D eigenvalue weighted by Crippen LogP contribution is -2.13. The van der Waals surface area contributed by atoms with Crippen molar-refractivity contribution in [1.29, 1.82) is 0 Å². The van der Waals surface area contributed by atoms with Crippen LogP contribution in [0.5, 0.6) is 0 Å². The van der Waals surface area contributed by atoms with Gasteiger partial charge in [0, 0.05) is 18.8 Å². The molecule has 1 aliphatic heterocycles. The molecule has 0 aromatic rings. The first-order valence-corrected chi connectivity index (χ1v) is 3.89. The highest BCUT2D eigenvalue weighted by atomic mass is 15.0. The monoisotopic (exact) mass is 150 g/mol. The third-order valence-corrected chi connectivity index (χ3v) is 1.94. The Labute approximate surface area is 67.7 Å². The molecule has 0 spiro atoms. The normalized spacial score (nSPS) is 24.1. The maximum absolute atomic E-state index is 4.12. The van der Waals surface area contributed by atoms with Gasteiger partial charge in [0.15, 0.2) is 0 Å². The first-order chi connectivity index (χ1) is 5.29. The summed E-state index contributed by atoms with van der Waals surface area (Å²) in [6.45, 7) is 4.29. The Morgan fingerprint density at radius 3 is 2.91 bits per heavy atom. The number of hydrogen-bond donors (Lipinski definition) is 1. The summed E-state index contributed by atoms with van der Waals surface area (Å²) in [6.07, 6.45) is 5.08. The van der Waals surface area contributed by atoms with Crippen LogP contribution in [-0.2, 0) is 0 Å². The molecule has 60 valence electrons. The zero-order chi connectivity index (χ0) is 8.27. The Kier molecular flexibility index (Phi) is 2.47. The van der Waals surface area contributed by atoms with Gasteiger partial charge >= 0.3 is 0 Å². The molecule has 1 rings (SSSR count). The van der Waals surface area contributed by atoms with E-state index in [1.165, 1.54) is 11.1 Å². The molecule has 11 heavy (non-hydrogen) atoms. The van der Waals surface area contributed by atoms with Crippen LogP contribution in [0.3, 0.4) is 0 Å². The average molecular weight is 150 g/mol. The van der Waals surface area contributed by atoms with Crippen molar-refractivity contribution in [2.45, 2.75) is 20.3 Å². The number of aliphatic imine (C=N–C) groups is 1. The molecule has 0 aromatic carbocycles. The molecule has 0 amide bonds. The molecular formula is C9H14N2. The van der Waals surface area contributed by atoms with Crippen LogP contribution < -0.4 is 5.32 Å². The second-order valence-electron chi connectivity index (χ2n) is 2.60. The number of rotatable bonds is 1. The zero-order valence-electron chi connectivity index (χ0n) is 7.31. The smallest absolute Gasteiger partial charge is 0.131 e. The van der Waals surface area contributed by atoms with Gasteiger partial charge in [-0.2, -0.15) is 0 Å². The van der Waals surface area contributed by atoms with E-state index in [9.17, 15) is 0 Å². The maximum atomic E-state index is 4.12. The van der Waals surface area contributed by atoms with Crippen LogP contribution in [0.1, 0.15) is 20.3 Å². The minimum absolute atomic E-state index is 0.990. The highest BCUT2D eigenvalue weighted by Gasteiger charge is 2.09. The molecule has 2 heteroatoms. The average Bonchev–Trinajstić information content (AvgIpc) is 2.50. The van der Waals surface area contributed by atoms with Crippen LogP contribution in [0.25, 0.3) is 0 Å². The van der Waals surface area contributed by atoms with Gasteiger partial charge in [-0.05, 0) is 19.4 Å². The topological polar surface area (TPSA) is 24.4 Å². The van der Waals surface area contributed by atoms with Crippen molar-refractivity contribution in [1.82, 2.24) is 5.32 Å². The molecule has 1 N–H and O–H groups in total. The van der Waals surface area contributed by atoms with Crippen LogP contribution in [0.15, 0.2) is 28.4 Å². The third-order valence-electron chi connectivity index (χ3n) is 1.94. The maximum Gasteiger partial charge on any atom is 0.131 e. The molecular weight excluding hydrogens is 136 g/mol. The van der Waals surface area contributed by atoms with E-state index in [4.69, 9.17) is 0 Å². The molecule has 0 radical (unpaired) electrons. The highest BCUT2D eigenvalue weighted by molar-refractivity contribution is 6.04. The van der Waals surface area contributed by atoms with Gasteiger partial charge in [0.25, 0.3) is 0 Å². The molecule has 1 aliphatic rings. The largest absolute Gasteiger partial charge is 0.346 e. The van der Waals surface area contributed by atoms with Gasteiger partial charge in [-0.3, -0.25) is 4.99 Å². The van der Waals surface area contributed by atoms with Gasteiger partial charge < -0.3 is 5.32 Å². The Balaban J connectivity index is 2.95. The van der Waals surface area contributed by atoms with E-state index in [2.05, 4.69) is 30.2 Å². The second-order valence-corrected chi connectivity index (χ2v) is 2.60. The van der Waals surface area contributed by atoms with E-state index in [1.54, 1.807) is 7.05 Å². The summed E-state index contributed by atoms with van der Waals surface area (Å²) in [5.41, 5.74) is 2.63. The first-order valence-electron chi connectivity index (χ1n) is 3.89. The Morgan fingerprint density at radius 1 is 1.64 bits per heavy atom. The predicted molar refractivity (Wildman–Crippen MR) is 48.6 cm³/mol. The first kappa shape index (κ1) is 8.05. The van der Waals surface area contributed by atoms with Gasteiger partial charge in [0.1, 0.15) is 5.84 Å². The predicted octanol–water partition coefficient (Wildman–Crippen LogP) is 1.86. The van der Waals surface area contributed by atoms with Gasteiger partial charge in [-0.25, -0.2) is 0 Å². The van der Waals surface area contributed by atoms with Crippen LogP contribution in [0.2, 0.25) is 0 Å². The van der Waals surface area contributed by atoms with Gasteiger partial charge in [0.2, 0.25) is 0 Å². The van der Waals surface area contributed by atoms with Crippen molar-refractivity contribution in [2.75, 3.05) is 7.05 Å². The molecule has 0 atom stereocenters. The number of hydrogen-bond acceptors (Lipinski definition) is 1. The summed E-state index contributed by atoms with van der Waals surface area (Å²) in [6, 6.07) is 0. The molecule has 2 nitrogen and oxygen atoms in total. The van der Waals surface area contributed by atoms with Crippen LogP contribution in [0.4, 0.5) is 0 Å². The summed E-state index contributed by atoms with van der Waals surface area (Å²) in [5, 5.41) is 3.08. The van der Waals surface area contributed by atoms with Gasteiger partial charge in [-0.1, -0.05) is 12.5 Å². The van der Waals surface area contributed by atoms with E-state index >= 15 is 0 Å². The lowest BCUT2D eigenvalue weighted by atomic mass is 10.1. The quantitative estimate of drug-likeness (QED) is 0.606. The number of amidine groups is 1. The van der Waals surface area contributed by atoms with Crippen molar-refractivity contribution >= 4 is 5.84 Å². The van der Waals surface area contributed by atoms with Crippen LogP contribution in [-0.4, -0.2) is 12.9 Å². The molecule has 0 bridgehead atoms. The fourth-order valence-electron chi connectivity index (χ4n) is 1.08. The number of nitrogens with zero attached hydrogens (tertiary/aromatic N) is 1. The van der Waals surface area contributed by atoms with Crippen molar-refractivity contribution in [3.63, 3.8) is 0 Å². The second kappa shape index (κ2) is 3.37. The SMILES string of the molecule is CC/C(C)=C1/C=CNC1=NC. The summed E-state index contributed by atoms with van der Waals surface area (Å²) in [5.74, 6) is 0.990. The van der Waals surface area contributed by atoms with Crippen molar-refractivity contribution in [2.24, 2.45) is 4.99 Å².